The number of rotatable bonds is 3. The molecular formula is C10H14O4. The van der Waals surface area contributed by atoms with Crippen LogP contribution in [0.15, 0.2) is 0 Å². The highest BCUT2D eigenvalue weighted by molar-refractivity contribution is 5.66. The minimum absolute atomic E-state index is 0.0676. The monoisotopic (exact) mass is 198 g/mol. The Kier molecular flexibility index (Phi) is 2.54. The van der Waals surface area contributed by atoms with E-state index >= 15 is 0 Å². The molecule has 78 valence electrons. The number of ether oxygens (including phenoxy) is 2. The fraction of sp³-hybridized carbons (Fsp3) is 0.800. The van der Waals surface area contributed by atoms with Crippen molar-refractivity contribution >= 4 is 12.3 Å². The molecule has 0 aromatic rings. The van der Waals surface area contributed by atoms with Crippen LogP contribution < -0.4 is 0 Å². The molecule has 0 amide bonds. The quantitative estimate of drug-likeness (QED) is 0.490. The van der Waals surface area contributed by atoms with Gasteiger partial charge < -0.3 is 14.3 Å². The summed E-state index contributed by atoms with van der Waals surface area (Å²) in [6, 6.07) is 0. The van der Waals surface area contributed by atoms with Gasteiger partial charge in [-0.1, -0.05) is 0 Å². The Morgan fingerprint density at radius 2 is 2.21 bits per heavy atom. The third kappa shape index (κ3) is 1.54. The van der Waals surface area contributed by atoms with Gasteiger partial charge in [-0.25, -0.2) is 0 Å². The predicted molar refractivity (Wildman–Crippen MR) is 47.6 cm³/mol. The van der Waals surface area contributed by atoms with Gasteiger partial charge in [-0.3, -0.25) is 4.79 Å². The Hall–Kier alpha value is -0.900. The number of carbonyl (C=O) groups is 2. The lowest BCUT2D eigenvalue weighted by atomic mass is 9.81. The molecule has 0 saturated carbocycles. The molecule has 4 nitrogen and oxygen atoms in total. The molecule has 2 aliphatic heterocycles. The van der Waals surface area contributed by atoms with Crippen LogP contribution in [0.1, 0.15) is 19.8 Å². The van der Waals surface area contributed by atoms with Crippen molar-refractivity contribution in [1.29, 1.82) is 0 Å². The Labute approximate surface area is 82.6 Å². The SMILES string of the molecule is CC(=O)OC[C@@H]1[C@H](C=O)[C@H]2CC[C@@H]1O2. The van der Waals surface area contributed by atoms with Crippen LogP contribution >= 0.6 is 0 Å². The van der Waals surface area contributed by atoms with Crippen molar-refractivity contribution in [3.8, 4) is 0 Å². The minimum Gasteiger partial charge on any atom is -0.465 e. The van der Waals surface area contributed by atoms with Gasteiger partial charge in [-0.2, -0.15) is 0 Å². The van der Waals surface area contributed by atoms with E-state index in [9.17, 15) is 9.59 Å². The zero-order valence-corrected chi connectivity index (χ0v) is 8.14. The highest BCUT2D eigenvalue weighted by Crippen LogP contribution is 2.42. The van der Waals surface area contributed by atoms with Crippen LogP contribution in [0.4, 0.5) is 0 Å². The Morgan fingerprint density at radius 1 is 1.50 bits per heavy atom. The van der Waals surface area contributed by atoms with E-state index in [-0.39, 0.29) is 30.0 Å². The number of aldehydes is 1. The summed E-state index contributed by atoms with van der Waals surface area (Å²) in [4.78, 5) is 21.5. The molecule has 0 radical (unpaired) electrons. The molecule has 2 fully saturated rings. The van der Waals surface area contributed by atoms with E-state index < -0.39 is 0 Å². The van der Waals surface area contributed by atoms with Crippen LogP contribution in [0.3, 0.4) is 0 Å². The number of fused-ring (bicyclic) bond motifs is 2. The van der Waals surface area contributed by atoms with Crippen LogP contribution in [0, 0.1) is 11.8 Å². The van der Waals surface area contributed by atoms with Crippen molar-refractivity contribution in [3.05, 3.63) is 0 Å². The van der Waals surface area contributed by atoms with E-state index in [1.807, 2.05) is 0 Å². The molecule has 4 heteroatoms. The Bertz CT molecular complexity index is 251. The summed E-state index contributed by atoms with van der Waals surface area (Å²) >= 11 is 0. The third-order valence-corrected chi connectivity index (χ3v) is 3.12. The van der Waals surface area contributed by atoms with Gasteiger partial charge in [0.05, 0.1) is 18.8 Å². The second-order valence-corrected chi connectivity index (χ2v) is 3.97. The van der Waals surface area contributed by atoms with Gasteiger partial charge in [0.2, 0.25) is 0 Å². The molecule has 2 bridgehead atoms. The number of hydrogen-bond donors (Lipinski definition) is 0. The summed E-state index contributed by atoms with van der Waals surface area (Å²) in [5.74, 6) is -0.291. The smallest absolute Gasteiger partial charge is 0.302 e. The summed E-state index contributed by atoms with van der Waals surface area (Å²) in [6.45, 7) is 1.70. The van der Waals surface area contributed by atoms with Crippen LogP contribution in [0.2, 0.25) is 0 Å². The summed E-state index contributed by atoms with van der Waals surface area (Å²) in [5, 5.41) is 0. The van der Waals surface area contributed by atoms with Crippen molar-refractivity contribution in [2.75, 3.05) is 6.61 Å². The molecule has 4 atom stereocenters. The summed E-state index contributed by atoms with van der Waals surface area (Å²) < 4.78 is 10.5. The zero-order chi connectivity index (χ0) is 10.1. The largest absolute Gasteiger partial charge is 0.465 e. The molecule has 0 spiro atoms. The van der Waals surface area contributed by atoms with Crippen molar-refractivity contribution < 1.29 is 19.1 Å². The van der Waals surface area contributed by atoms with Gasteiger partial charge in [0.25, 0.3) is 0 Å². The van der Waals surface area contributed by atoms with Gasteiger partial charge in [-0.05, 0) is 12.8 Å². The molecule has 0 aliphatic carbocycles. The molecule has 2 saturated heterocycles. The molecule has 2 aliphatic rings. The maximum atomic E-state index is 10.8. The lowest BCUT2D eigenvalue weighted by Crippen LogP contribution is -2.32. The topological polar surface area (TPSA) is 52.6 Å². The van der Waals surface area contributed by atoms with Crippen LogP contribution in [0.5, 0.6) is 0 Å². The third-order valence-electron chi connectivity index (χ3n) is 3.12. The van der Waals surface area contributed by atoms with E-state index in [1.165, 1.54) is 6.92 Å². The van der Waals surface area contributed by atoms with E-state index in [2.05, 4.69) is 0 Å². The molecular weight excluding hydrogens is 184 g/mol. The van der Waals surface area contributed by atoms with Crippen molar-refractivity contribution in [2.24, 2.45) is 11.8 Å². The molecule has 2 heterocycles. The fourth-order valence-electron chi connectivity index (χ4n) is 2.43. The lowest BCUT2D eigenvalue weighted by molar-refractivity contribution is -0.143. The van der Waals surface area contributed by atoms with Gasteiger partial charge >= 0.3 is 5.97 Å². The summed E-state index contributed by atoms with van der Waals surface area (Å²) in [7, 11) is 0. The maximum absolute atomic E-state index is 10.8. The second kappa shape index (κ2) is 3.69. The van der Waals surface area contributed by atoms with Gasteiger partial charge in [-0.15, -0.1) is 0 Å². The van der Waals surface area contributed by atoms with Gasteiger partial charge in [0, 0.05) is 18.8 Å². The van der Waals surface area contributed by atoms with Gasteiger partial charge in [0.1, 0.15) is 6.29 Å². The average molecular weight is 198 g/mol. The first-order valence-electron chi connectivity index (χ1n) is 4.96. The van der Waals surface area contributed by atoms with Crippen molar-refractivity contribution in [3.63, 3.8) is 0 Å². The normalized spacial score (nSPS) is 39.8. The lowest BCUT2D eigenvalue weighted by Gasteiger charge is -2.22. The van der Waals surface area contributed by atoms with E-state index in [1.54, 1.807) is 0 Å². The fourth-order valence-corrected chi connectivity index (χ4v) is 2.43. The molecule has 14 heavy (non-hydrogen) atoms. The first-order valence-corrected chi connectivity index (χ1v) is 4.96. The average Bonchev–Trinajstić information content (AvgIpc) is 2.72. The Morgan fingerprint density at radius 3 is 2.86 bits per heavy atom. The predicted octanol–water partition coefficient (Wildman–Crippen LogP) is 0.542. The molecule has 2 rings (SSSR count). The van der Waals surface area contributed by atoms with Crippen molar-refractivity contribution in [2.45, 2.75) is 32.0 Å². The first-order chi connectivity index (χ1) is 6.72. The van der Waals surface area contributed by atoms with E-state index in [0.29, 0.717) is 6.61 Å². The zero-order valence-electron chi connectivity index (χ0n) is 8.14. The van der Waals surface area contributed by atoms with E-state index in [0.717, 1.165) is 19.1 Å². The number of esters is 1. The van der Waals surface area contributed by atoms with Gasteiger partial charge in [0.15, 0.2) is 0 Å². The van der Waals surface area contributed by atoms with Crippen molar-refractivity contribution in [1.82, 2.24) is 0 Å². The molecule has 0 aromatic carbocycles. The summed E-state index contributed by atoms with van der Waals surface area (Å²) in [6.07, 6.45) is 3.08. The number of hydrogen-bond acceptors (Lipinski definition) is 4. The highest BCUT2D eigenvalue weighted by Gasteiger charge is 2.49. The molecule has 0 N–H and O–H groups in total. The highest BCUT2D eigenvalue weighted by atomic mass is 16.5. The van der Waals surface area contributed by atoms with E-state index in [4.69, 9.17) is 9.47 Å². The molecule has 0 aromatic heterocycles. The Balaban J connectivity index is 1.96. The summed E-state index contributed by atoms with van der Waals surface area (Å²) in [5.41, 5.74) is 0. The van der Waals surface area contributed by atoms with Crippen LogP contribution in [-0.4, -0.2) is 31.1 Å². The second-order valence-electron chi connectivity index (χ2n) is 3.97. The minimum atomic E-state index is -0.294. The number of carbonyl (C=O) groups excluding carboxylic acids is 2. The first kappa shape index (κ1) is 9.65. The standard InChI is InChI=1S/C10H14O4/c1-6(12)13-5-8-7(4-11)9-2-3-10(8)14-9/h4,7-10H,2-3,5H2,1H3/t7-,8+,9+,10-/m0/s1. The van der Waals surface area contributed by atoms with Crippen LogP contribution in [0.25, 0.3) is 0 Å². The van der Waals surface area contributed by atoms with Crippen LogP contribution in [-0.2, 0) is 19.1 Å². The maximum Gasteiger partial charge on any atom is 0.302 e. The molecule has 0 unspecified atom stereocenters.